The zero-order valence-electron chi connectivity index (χ0n) is 18.1. The summed E-state index contributed by atoms with van der Waals surface area (Å²) >= 11 is 1.38. The molecule has 0 unspecified atom stereocenters. The van der Waals surface area contributed by atoms with Crippen LogP contribution in [0.3, 0.4) is 0 Å². The van der Waals surface area contributed by atoms with Gasteiger partial charge in [-0.15, -0.1) is 11.3 Å². The van der Waals surface area contributed by atoms with E-state index in [0.29, 0.717) is 30.9 Å². The summed E-state index contributed by atoms with van der Waals surface area (Å²) in [5.41, 5.74) is 0.806. The van der Waals surface area contributed by atoms with Gasteiger partial charge in [0.15, 0.2) is 0 Å². The average Bonchev–Trinajstić information content (AvgIpc) is 3.46. The predicted octanol–water partition coefficient (Wildman–Crippen LogP) is 3.26. The van der Waals surface area contributed by atoms with Crippen LogP contribution in [0.4, 0.5) is 0 Å². The molecule has 0 saturated carbocycles. The van der Waals surface area contributed by atoms with E-state index in [1.807, 2.05) is 32.2 Å². The Bertz CT molecular complexity index is 1000. The van der Waals surface area contributed by atoms with E-state index in [9.17, 15) is 18.0 Å². The molecule has 1 aromatic heterocycles. The second-order valence-electron chi connectivity index (χ2n) is 7.52. The maximum absolute atomic E-state index is 12.9. The first-order valence-corrected chi connectivity index (χ1v) is 12.9. The molecule has 2 atom stereocenters. The molecule has 31 heavy (non-hydrogen) atoms. The maximum atomic E-state index is 12.9. The molecule has 3 rings (SSSR count). The molecule has 1 aliphatic heterocycles. The molecule has 1 aliphatic rings. The van der Waals surface area contributed by atoms with Gasteiger partial charge in [0.25, 0.3) is 5.91 Å². The fourth-order valence-corrected chi connectivity index (χ4v) is 6.00. The summed E-state index contributed by atoms with van der Waals surface area (Å²) in [6.45, 7) is 6.86. The molecule has 1 aromatic carbocycles. The van der Waals surface area contributed by atoms with Crippen molar-refractivity contribution in [2.45, 2.75) is 50.6 Å². The zero-order valence-corrected chi connectivity index (χ0v) is 19.7. The molecule has 2 aromatic rings. The van der Waals surface area contributed by atoms with Gasteiger partial charge in [-0.2, -0.15) is 4.31 Å². The summed E-state index contributed by atoms with van der Waals surface area (Å²) in [4.78, 5) is 28.1. The third-order valence-corrected chi connectivity index (χ3v) is 8.55. The lowest BCUT2D eigenvalue weighted by atomic mass is 10.1. The summed E-state index contributed by atoms with van der Waals surface area (Å²) in [6.07, 6.45) is 1.43. The van der Waals surface area contributed by atoms with Crippen LogP contribution in [-0.2, 0) is 14.8 Å². The first-order chi connectivity index (χ1) is 14.8. The molecule has 168 valence electrons. The van der Waals surface area contributed by atoms with Gasteiger partial charge < -0.3 is 10.2 Å². The molecular formula is C22H29N3O4S2. The van der Waals surface area contributed by atoms with E-state index in [1.165, 1.54) is 15.6 Å². The molecular weight excluding hydrogens is 434 g/mol. The highest BCUT2D eigenvalue weighted by atomic mass is 32.2. The number of nitrogens with zero attached hydrogens (tertiary/aromatic N) is 2. The first-order valence-electron chi connectivity index (χ1n) is 10.5. The van der Waals surface area contributed by atoms with Gasteiger partial charge in [-0.1, -0.05) is 32.0 Å². The molecule has 7 nitrogen and oxygen atoms in total. The van der Waals surface area contributed by atoms with Gasteiger partial charge in [0.05, 0.1) is 15.8 Å². The Kier molecular flexibility index (Phi) is 7.51. The van der Waals surface area contributed by atoms with E-state index >= 15 is 0 Å². The van der Waals surface area contributed by atoms with E-state index in [4.69, 9.17) is 0 Å². The van der Waals surface area contributed by atoms with Crippen LogP contribution < -0.4 is 5.32 Å². The standard InChI is InChI=1S/C22H29N3O4S2/c1-4-24(5-2)31(28,29)18-12-10-17(11-13-18)16(3)23-21(26)19-8-6-14-25(19)22(27)20-9-7-15-30-20/h7,9-13,15-16,19H,4-6,8,14H2,1-3H3,(H,23,26)/t16-,19+/m1/s1. The molecule has 0 spiro atoms. The highest BCUT2D eigenvalue weighted by Crippen LogP contribution is 2.24. The number of rotatable bonds is 8. The lowest BCUT2D eigenvalue weighted by molar-refractivity contribution is -0.125. The first kappa shape index (κ1) is 23.4. The van der Waals surface area contributed by atoms with E-state index in [0.717, 1.165) is 12.0 Å². The van der Waals surface area contributed by atoms with Crippen molar-refractivity contribution in [2.24, 2.45) is 0 Å². The maximum Gasteiger partial charge on any atom is 0.264 e. The minimum absolute atomic E-state index is 0.105. The van der Waals surface area contributed by atoms with Gasteiger partial charge in [-0.25, -0.2) is 8.42 Å². The third kappa shape index (κ3) is 4.99. The largest absolute Gasteiger partial charge is 0.348 e. The number of hydrogen-bond donors (Lipinski definition) is 1. The summed E-state index contributed by atoms with van der Waals surface area (Å²) in [7, 11) is -3.52. The van der Waals surface area contributed by atoms with E-state index in [1.54, 1.807) is 35.2 Å². The topological polar surface area (TPSA) is 86.8 Å². The fourth-order valence-electron chi connectivity index (χ4n) is 3.86. The lowest BCUT2D eigenvalue weighted by Crippen LogP contribution is -2.46. The van der Waals surface area contributed by atoms with Crippen LogP contribution in [0.2, 0.25) is 0 Å². The predicted molar refractivity (Wildman–Crippen MR) is 121 cm³/mol. The number of thiophene rings is 1. The van der Waals surface area contributed by atoms with Gasteiger partial charge in [0.2, 0.25) is 15.9 Å². The minimum Gasteiger partial charge on any atom is -0.348 e. The molecule has 9 heteroatoms. The number of amides is 2. The third-order valence-electron chi connectivity index (χ3n) is 5.63. The van der Waals surface area contributed by atoms with Crippen LogP contribution in [0.5, 0.6) is 0 Å². The van der Waals surface area contributed by atoms with Gasteiger partial charge in [-0.05, 0) is 48.9 Å². The van der Waals surface area contributed by atoms with Crippen LogP contribution in [0.1, 0.15) is 54.9 Å². The number of carbonyl (C=O) groups excluding carboxylic acids is 2. The number of carbonyl (C=O) groups is 2. The summed E-state index contributed by atoms with van der Waals surface area (Å²) in [6, 6.07) is 9.42. The van der Waals surface area contributed by atoms with Crippen LogP contribution >= 0.6 is 11.3 Å². The molecule has 2 heterocycles. The van der Waals surface area contributed by atoms with Crippen molar-refractivity contribution >= 4 is 33.2 Å². The Balaban J connectivity index is 1.67. The smallest absolute Gasteiger partial charge is 0.264 e. The Hall–Kier alpha value is -2.23. The number of hydrogen-bond acceptors (Lipinski definition) is 5. The molecule has 1 N–H and O–H groups in total. The van der Waals surface area contributed by atoms with Crippen LogP contribution in [-0.4, -0.2) is 55.1 Å². The monoisotopic (exact) mass is 463 g/mol. The SMILES string of the molecule is CCN(CC)S(=O)(=O)c1ccc([C@@H](C)NC(=O)[C@@H]2CCCN2C(=O)c2cccs2)cc1. The van der Waals surface area contributed by atoms with Crippen molar-refractivity contribution in [1.29, 1.82) is 0 Å². The quantitative estimate of drug-likeness (QED) is 0.651. The van der Waals surface area contributed by atoms with Crippen molar-refractivity contribution in [3.05, 3.63) is 52.2 Å². The van der Waals surface area contributed by atoms with Crippen molar-refractivity contribution in [1.82, 2.24) is 14.5 Å². The number of benzene rings is 1. The zero-order chi connectivity index (χ0) is 22.6. The highest BCUT2D eigenvalue weighted by Gasteiger charge is 2.35. The summed E-state index contributed by atoms with van der Waals surface area (Å²) in [5, 5.41) is 4.83. The lowest BCUT2D eigenvalue weighted by Gasteiger charge is -2.25. The van der Waals surface area contributed by atoms with Crippen molar-refractivity contribution < 1.29 is 18.0 Å². The van der Waals surface area contributed by atoms with Crippen LogP contribution in [0.15, 0.2) is 46.7 Å². The molecule has 1 saturated heterocycles. The summed E-state index contributed by atoms with van der Waals surface area (Å²) in [5.74, 6) is -0.291. The van der Waals surface area contributed by atoms with Crippen molar-refractivity contribution in [3.8, 4) is 0 Å². The Labute approximate surface area is 188 Å². The second-order valence-corrected chi connectivity index (χ2v) is 10.4. The Morgan fingerprint density at radius 3 is 2.45 bits per heavy atom. The molecule has 0 aliphatic carbocycles. The van der Waals surface area contributed by atoms with E-state index in [2.05, 4.69) is 5.32 Å². The Morgan fingerprint density at radius 1 is 1.19 bits per heavy atom. The fraction of sp³-hybridized carbons (Fsp3) is 0.455. The van der Waals surface area contributed by atoms with Crippen LogP contribution in [0.25, 0.3) is 0 Å². The number of sulfonamides is 1. The van der Waals surface area contributed by atoms with Gasteiger partial charge in [-0.3, -0.25) is 9.59 Å². The normalized spacial score (nSPS) is 17.7. The Morgan fingerprint density at radius 2 is 1.87 bits per heavy atom. The van der Waals surface area contributed by atoms with E-state index < -0.39 is 16.1 Å². The molecule has 0 bridgehead atoms. The number of likely N-dealkylation sites (tertiary alicyclic amines) is 1. The van der Waals surface area contributed by atoms with Crippen molar-refractivity contribution in [3.63, 3.8) is 0 Å². The van der Waals surface area contributed by atoms with Gasteiger partial charge in [0, 0.05) is 19.6 Å². The number of nitrogens with one attached hydrogen (secondary N) is 1. The minimum atomic E-state index is -3.52. The van der Waals surface area contributed by atoms with Crippen molar-refractivity contribution in [2.75, 3.05) is 19.6 Å². The summed E-state index contributed by atoms with van der Waals surface area (Å²) < 4.78 is 26.7. The molecule has 2 amide bonds. The average molecular weight is 464 g/mol. The van der Waals surface area contributed by atoms with E-state index in [-0.39, 0.29) is 22.8 Å². The van der Waals surface area contributed by atoms with Gasteiger partial charge in [0.1, 0.15) is 6.04 Å². The highest BCUT2D eigenvalue weighted by molar-refractivity contribution is 7.89. The van der Waals surface area contributed by atoms with Crippen LogP contribution in [0, 0.1) is 0 Å². The molecule has 0 radical (unpaired) electrons. The second kappa shape index (κ2) is 9.93. The molecule has 1 fully saturated rings. The van der Waals surface area contributed by atoms with Gasteiger partial charge >= 0.3 is 0 Å².